The molecule has 0 nitrogen and oxygen atoms in total. The third-order valence-corrected chi connectivity index (χ3v) is 5.15. The van der Waals surface area contributed by atoms with E-state index < -0.39 is 0 Å². The van der Waals surface area contributed by atoms with Gasteiger partial charge in [0.15, 0.2) is 0 Å². The summed E-state index contributed by atoms with van der Waals surface area (Å²) in [6.45, 7) is 4.21. The van der Waals surface area contributed by atoms with Crippen molar-refractivity contribution in [3.8, 4) is 9.75 Å². The van der Waals surface area contributed by atoms with Gasteiger partial charge in [-0.25, -0.2) is 0 Å². The average molecular weight is 258 g/mol. The van der Waals surface area contributed by atoms with Crippen LogP contribution in [0.5, 0.6) is 0 Å². The Balaban J connectivity index is 2.59. The molecule has 0 aromatic carbocycles. The van der Waals surface area contributed by atoms with Crippen molar-refractivity contribution >= 4 is 47.9 Å². The van der Waals surface area contributed by atoms with Crippen molar-refractivity contribution in [2.45, 2.75) is 23.6 Å². The number of hydrogen-bond donors (Lipinski definition) is 2. The molecule has 0 bridgehead atoms. The van der Waals surface area contributed by atoms with Gasteiger partial charge in [0.05, 0.1) is 9.75 Å². The van der Waals surface area contributed by atoms with E-state index in [0.29, 0.717) is 0 Å². The van der Waals surface area contributed by atoms with Gasteiger partial charge >= 0.3 is 0 Å². The quantitative estimate of drug-likeness (QED) is 0.682. The molecule has 0 aliphatic heterocycles. The largest absolute Gasteiger partial charge is 0.142 e. The fraction of sp³-hybridized carbons (Fsp3) is 0.200. The minimum atomic E-state index is 1.06. The molecule has 0 spiro atoms. The highest BCUT2D eigenvalue weighted by molar-refractivity contribution is 7.81. The maximum Gasteiger partial charge on any atom is 0.0590 e. The van der Waals surface area contributed by atoms with Crippen LogP contribution in [0.3, 0.4) is 0 Å². The lowest BCUT2D eigenvalue weighted by molar-refractivity contribution is 1.49. The maximum atomic E-state index is 4.47. The minimum absolute atomic E-state index is 1.06. The summed E-state index contributed by atoms with van der Waals surface area (Å²) in [4.78, 5) is 7.20. The number of aryl methyl sites for hydroxylation is 2. The second-order valence-electron chi connectivity index (χ2n) is 3.14. The van der Waals surface area contributed by atoms with Crippen molar-refractivity contribution in [1.29, 1.82) is 0 Å². The van der Waals surface area contributed by atoms with Gasteiger partial charge < -0.3 is 0 Å². The van der Waals surface area contributed by atoms with Crippen LogP contribution in [0.25, 0.3) is 9.75 Å². The van der Waals surface area contributed by atoms with E-state index in [0.717, 1.165) is 9.79 Å². The number of thiophene rings is 2. The van der Waals surface area contributed by atoms with Gasteiger partial charge in [0.25, 0.3) is 0 Å². The molecule has 2 rings (SSSR count). The monoisotopic (exact) mass is 258 g/mol. The first-order chi connectivity index (χ1) is 6.58. The molecule has 4 heteroatoms. The van der Waals surface area contributed by atoms with Gasteiger partial charge in [-0.05, 0) is 26.0 Å². The Hall–Kier alpha value is 0.1000. The molecular formula is C10H10S4. The number of rotatable bonds is 1. The molecule has 0 N–H and O–H groups in total. The highest BCUT2D eigenvalue weighted by Gasteiger charge is 2.12. The minimum Gasteiger partial charge on any atom is -0.142 e. The van der Waals surface area contributed by atoms with Crippen LogP contribution < -0.4 is 0 Å². The molecule has 2 aromatic rings. The van der Waals surface area contributed by atoms with Gasteiger partial charge in [-0.15, -0.1) is 47.9 Å². The van der Waals surface area contributed by atoms with Crippen LogP contribution in [-0.2, 0) is 0 Å². The smallest absolute Gasteiger partial charge is 0.0590 e. The third kappa shape index (κ3) is 1.89. The Labute approximate surface area is 103 Å². The van der Waals surface area contributed by atoms with Gasteiger partial charge in [0.1, 0.15) is 0 Å². The van der Waals surface area contributed by atoms with Crippen molar-refractivity contribution in [1.82, 2.24) is 0 Å². The van der Waals surface area contributed by atoms with Gasteiger partial charge in [-0.3, -0.25) is 0 Å². The normalized spacial score (nSPS) is 10.9. The maximum absolute atomic E-state index is 4.47. The second-order valence-corrected chi connectivity index (χ2v) is 6.62. The summed E-state index contributed by atoms with van der Waals surface area (Å²) in [6, 6.07) is 4.21. The first kappa shape index (κ1) is 10.6. The van der Waals surface area contributed by atoms with Crippen LogP contribution >= 0.6 is 47.9 Å². The summed E-state index contributed by atoms with van der Waals surface area (Å²) < 4.78 is 0. The molecule has 2 heterocycles. The zero-order valence-corrected chi connectivity index (χ0v) is 11.3. The summed E-state index contributed by atoms with van der Waals surface area (Å²) in [5.74, 6) is 0. The molecule has 74 valence electrons. The van der Waals surface area contributed by atoms with Crippen molar-refractivity contribution in [2.75, 3.05) is 0 Å². The molecule has 0 unspecified atom stereocenters. The molecule has 2 aromatic heterocycles. The molecule has 0 saturated heterocycles. The van der Waals surface area contributed by atoms with E-state index in [4.69, 9.17) is 0 Å². The van der Waals surface area contributed by atoms with Crippen molar-refractivity contribution < 1.29 is 0 Å². The lowest BCUT2D eigenvalue weighted by Gasteiger charge is -1.95. The molecular weight excluding hydrogens is 248 g/mol. The zero-order chi connectivity index (χ0) is 10.3. The Kier molecular flexibility index (Phi) is 2.98. The van der Waals surface area contributed by atoms with E-state index in [2.05, 4.69) is 51.2 Å². The molecule has 0 aliphatic carbocycles. The van der Waals surface area contributed by atoms with E-state index in [1.54, 1.807) is 22.7 Å². The SMILES string of the molecule is Cc1cc(S)c(-c2sc(C)cc2S)s1. The molecule has 0 fully saturated rings. The van der Waals surface area contributed by atoms with Crippen LogP contribution in [0.4, 0.5) is 0 Å². The van der Waals surface area contributed by atoms with Crippen LogP contribution in [0.15, 0.2) is 21.9 Å². The van der Waals surface area contributed by atoms with E-state index in [1.165, 1.54) is 19.5 Å². The summed E-state index contributed by atoms with van der Waals surface area (Å²) >= 11 is 12.5. The number of thiol groups is 2. The van der Waals surface area contributed by atoms with Crippen LogP contribution in [0.1, 0.15) is 9.75 Å². The second kappa shape index (κ2) is 3.93. The Morgan fingerprint density at radius 3 is 1.43 bits per heavy atom. The highest BCUT2D eigenvalue weighted by Crippen LogP contribution is 2.42. The fourth-order valence-electron chi connectivity index (χ4n) is 1.33. The predicted octanol–water partition coefficient (Wildman–Crippen LogP) is 4.67. The van der Waals surface area contributed by atoms with Crippen molar-refractivity contribution in [3.05, 3.63) is 21.9 Å². The van der Waals surface area contributed by atoms with E-state index in [9.17, 15) is 0 Å². The van der Waals surface area contributed by atoms with Gasteiger partial charge in [-0.2, -0.15) is 0 Å². The van der Waals surface area contributed by atoms with E-state index in [1.807, 2.05) is 0 Å². The highest BCUT2D eigenvalue weighted by atomic mass is 32.1. The van der Waals surface area contributed by atoms with Crippen molar-refractivity contribution in [2.24, 2.45) is 0 Å². The molecule has 0 radical (unpaired) electrons. The lowest BCUT2D eigenvalue weighted by Crippen LogP contribution is -1.66. The predicted molar refractivity (Wildman–Crippen MR) is 71.6 cm³/mol. The molecule has 0 saturated carbocycles. The van der Waals surface area contributed by atoms with Crippen molar-refractivity contribution in [3.63, 3.8) is 0 Å². The molecule has 0 amide bonds. The summed E-state index contributed by atoms with van der Waals surface area (Å²) in [5.41, 5.74) is 0. The molecule has 0 aliphatic rings. The summed E-state index contributed by atoms with van der Waals surface area (Å²) in [6.07, 6.45) is 0. The first-order valence-corrected chi connectivity index (χ1v) is 6.70. The van der Waals surface area contributed by atoms with Crippen LogP contribution in [0, 0.1) is 13.8 Å². The first-order valence-electron chi connectivity index (χ1n) is 4.17. The topological polar surface area (TPSA) is 0 Å². The average Bonchev–Trinajstić information content (AvgIpc) is 2.55. The van der Waals surface area contributed by atoms with Crippen LogP contribution in [-0.4, -0.2) is 0 Å². The van der Waals surface area contributed by atoms with Gasteiger partial charge in [0.2, 0.25) is 0 Å². The molecule has 0 atom stereocenters. The number of hydrogen-bond acceptors (Lipinski definition) is 4. The van der Waals surface area contributed by atoms with Gasteiger partial charge in [0, 0.05) is 19.5 Å². The lowest BCUT2D eigenvalue weighted by atomic mass is 10.3. The summed E-state index contributed by atoms with van der Waals surface area (Å²) in [5, 5.41) is 0. The van der Waals surface area contributed by atoms with Gasteiger partial charge in [-0.1, -0.05) is 0 Å². The third-order valence-electron chi connectivity index (χ3n) is 1.88. The van der Waals surface area contributed by atoms with Crippen LogP contribution in [0.2, 0.25) is 0 Å². The fourth-order valence-corrected chi connectivity index (χ4v) is 4.52. The Morgan fingerprint density at radius 2 is 1.21 bits per heavy atom. The zero-order valence-electron chi connectivity index (χ0n) is 7.87. The summed E-state index contributed by atoms with van der Waals surface area (Å²) in [7, 11) is 0. The standard InChI is InChI=1S/C10H10S4/c1-5-3-7(11)9(13-5)10-8(12)4-6(2)14-10/h3-4,11-12H,1-2H3. The Bertz CT molecular complexity index is 420. The Morgan fingerprint density at radius 1 is 0.857 bits per heavy atom. The molecule has 14 heavy (non-hydrogen) atoms. The van der Waals surface area contributed by atoms with E-state index >= 15 is 0 Å². The van der Waals surface area contributed by atoms with E-state index in [-0.39, 0.29) is 0 Å².